The van der Waals surface area contributed by atoms with Crippen LogP contribution in [0.3, 0.4) is 0 Å². The summed E-state index contributed by atoms with van der Waals surface area (Å²) in [6.45, 7) is 1.75. The lowest BCUT2D eigenvalue weighted by Gasteiger charge is -2.06. The Labute approximate surface area is 110 Å². The Balaban J connectivity index is 1.95. The zero-order valence-corrected chi connectivity index (χ0v) is 10.4. The number of anilines is 1. The minimum atomic E-state index is -0.270. The first-order valence-electron chi connectivity index (χ1n) is 5.96. The van der Waals surface area contributed by atoms with Crippen LogP contribution in [0.25, 0.3) is 10.8 Å². The van der Waals surface area contributed by atoms with Gasteiger partial charge in [0.05, 0.1) is 0 Å². The van der Waals surface area contributed by atoms with Crippen LogP contribution in [0.4, 0.5) is 5.69 Å². The molecule has 0 saturated heterocycles. The molecule has 1 heterocycles. The molecule has 0 spiro atoms. The van der Waals surface area contributed by atoms with Crippen molar-refractivity contribution in [3.63, 3.8) is 0 Å². The molecule has 94 valence electrons. The summed E-state index contributed by atoms with van der Waals surface area (Å²) in [7, 11) is 0. The molecule has 0 radical (unpaired) electrons. The molecule has 4 nitrogen and oxygen atoms in total. The summed E-state index contributed by atoms with van der Waals surface area (Å²) in [5, 5.41) is 8.64. The van der Waals surface area contributed by atoms with Gasteiger partial charge in [0.25, 0.3) is 5.91 Å². The molecule has 0 bridgehead atoms. The van der Waals surface area contributed by atoms with Crippen molar-refractivity contribution in [2.75, 3.05) is 5.32 Å². The van der Waals surface area contributed by atoms with Gasteiger partial charge in [0, 0.05) is 17.1 Å². The topological polar surface area (TPSA) is 55.1 Å². The van der Waals surface area contributed by atoms with Gasteiger partial charge in [-0.1, -0.05) is 41.6 Å². The highest BCUT2D eigenvalue weighted by atomic mass is 16.5. The van der Waals surface area contributed by atoms with Gasteiger partial charge in [-0.05, 0) is 18.4 Å². The first-order chi connectivity index (χ1) is 9.24. The Morgan fingerprint density at radius 2 is 1.95 bits per heavy atom. The average Bonchev–Trinajstić information content (AvgIpc) is 2.86. The number of nitrogens with one attached hydrogen (secondary N) is 1. The quantitative estimate of drug-likeness (QED) is 0.760. The van der Waals surface area contributed by atoms with E-state index < -0.39 is 0 Å². The summed E-state index contributed by atoms with van der Waals surface area (Å²) in [6, 6.07) is 15.3. The largest absolute Gasteiger partial charge is 0.361 e. The number of amides is 1. The molecular weight excluding hydrogens is 240 g/mol. The average molecular weight is 252 g/mol. The molecule has 0 aliphatic heterocycles. The second-order valence-electron chi connectivity index (χ2n) is 4.30. The number of fused-ring (bicyclic) bond motifs is 1. The molecule has 0 saturated carbocycles. The van der Waals surface area contributed by atoms with E-state index >= 15 is 0 Å². The van der Waals surface area contributed by atoms with Crippen molar-refractivity contribution in [3.05, 3.63) is 60.0 Å². The number of rotatable bonds is 2. The molecule has 2 aromatic carbocycles. The Morgan fingerprint density at radius 3 is 2.74 bits per heavy atom. The van der Waals surface area contributed by atoms with Crippen molar-refractivity contribution in [2.24, 2.45) is 0 Å². The summed E-state index contributed by atoms with van der Waals surface area (Å²) in [5.41, 5.74) is 1.05. The fraction of sp³-hybridized carbons (Fsp3) is 0.0667. The lowest BCUT2D eigenvalue weighted by atomic mass is 10.1. The third-order valence-corrected chi connectivity index (χ3v) is 2.90. The number of carbonyl (C=O) groups excluding carboxylic acids is 1. The van der Waals surface area contributed by atoms with Crippen LogP contribution in [-0.2, 0) is 0 Å². The van der Waals surface area contributed by atoms with Crippen LogP contribution in [-0.4, -0.2) is 11.1 Å². The molecule has 1 aromatic heterocycles. The van der Waals surface area contributed by atoms with Crippen molar-refractivity contribution >= 4 is 22.4 Å². The standard InChI is InChI=1S/C15H12N2O2/c1-10-9-14(17-19-10)15(18)16-13-8-4-6-11-5-2-3-7-12(11)13/h2-9H,1H3,(H,16,18). The van der Waals surface area contributed by atoms with E-state index in [4.69, 9.17) is 4.52 Å². The number of hydrogen-bond acceptors (Lipinski definition) is 3. The first-order valence-corrected chi connectivity index (χ1v) is 5.96. The highest BCUT2D eigenvalue weighted by Gasteiger charge is 2.12. The van der Waals surface area contributed by atoms with Crippen LogP contribution < -0.4 is 5.32 Å². The molecular formula is C15H12N2O2. The van der Waals surface area contributed by atoms with E-state index in [-0.39, 0.29) is 11.6 Å². The fourth-order valence-corrected chi connectivity index (χ4v) is 1.99. The van der Waals surface area contributed by atoms with Gasteiger partial charge in [-0.3, -0.25) is 4.79 Å². The van der Waals surface area contributed by atoms with Crippen molar-refractivity contribution in [3.8, 4) is 0 Å². The molecule has 0 unspecified atom stereocenters. The third-order valence-electron chi connectivity index (χ3n) is 2.90. The van der Waals surface area contributed by atoms with Crippen molar-refractivity contribution in [2.45, 2.75) is 6.92 Å². The smallest absolute Gasteiger partial charge is 0.277 e. The molecule has 0 atom stereocenters. The van der Waals surface area contributed by atoms with Gasteiger partial charge in [-0.25, -0.2) is 0 Å². The maximum absolute atomic E-state index is 12.0. The molecule has 1 amide bonds. The van der Waals surface area contributed by atoms with E-state index in [0.717, 1.165) is 16.5 Å². The molecule has 3 rings (SSSR count). The van der Waals surface area contributed by atoms with Gasteiger partial charge >= 0.3 is 0 Å². The number of aryl methyl sites for hydroxylation is 1. The zero-order chi connectivity index (χ0) is 13.2. The Bertz CT molecular complexity index is 741. The summed E-state index contributed by atoms with van der Waals surface area (Å²) in [5.74, 6) is 0.344. The van der Waals surface area contributed by atoms with E-state index in [1.807, 2.05) is 42.5 Å². The van der Waals surface area contributed by atoms with Gasteiger partial charge in [0.1, 0.15) is 5.76 Å². The van der Waals surface area contributed by atoms with E-state index in [0.29, 0.717) is 5.76 Å². The SMILES string of the molecule is Cc1cc(C(=O)Nc2cccc3ccccc23)no1. The summed E-state index contributed by atoms with van der Waals surface area (Å²) >= 11 is 0. The third kappa shape index (κ3) is 2.20. The minimum Gasteiger partial charge on any atom is -0.361 e. The van der Waals surface area contributed by atoms with Crippen molar-refractivity contribution in [1.82, 2.24) is 5.16 Å². The van der Waals surface area contributed by atoms with Crippen molar-refractivity contribution < 1.29 is 9.32 Å². The predicted octanol–water partition coefficient (Wildman–Crippen LogP) is 3.39. The summed E-state index contributed by atoms with van der Waals surface area (Å²) < 4.78 is 4.90. The van der Waals surface area contributed by atoms with Gasteiger partial charge in [-0.2, -0.15) is 0 Å². The van der Waals surface area contributed by atoms with Crippen molar-refractivity contribution in [1.29, 1.82) is 0 Å². The first kappa shape index (κ1) is 11.5. The second kappa shape index (κ2) is 4.57. The van der Waals surface area contributed by atoms with Crippen LogP contribution in [0, 0.1) is 6.92 Å². The van der Waals surface area contributed by atoms with E-state index in [2.05, 4.69) is 10.5 Å². The number of aromatic nitrogens is 1. The lowest BCUT2D eigenvalue weighted by molar-refractivity contribution is 0.101. The van der Waals surface area contributed by atoms with Crippen LogP contribution >= 0.6 is 0 Å². The molecule has 0 fully saturated rings. The molecule has 3 aromatic rings. The van der Waals surface area contributed by atoms with E-state index in [1.54, 1.807) is 13.0 Å². The normalized spacial score (nSPS) is 10.6. The predicted molar refractivity (Wildman–Crippen MR) is 73.1 cm³/mol. The van der Waals surface area contributed by atoms with Crippen LogP contribution in [0.1, 0.15) is 16.2 Å². The lowest BCUT2D eigenvalue weighted by Crippen LogP contribution is -2.12. The summed E-state index contributed by atoms with van der Waals surface area (Å²) in [6.07, 6.45) is 0. The maximum Gasteiger partial charge on any atom is 0.277 e. The Morgan fingerprint density at radius 1 is 1.16 bits per heavy atom. The van der Waals surface area contributed by atoms with Crippen LogP contribution in [0.2, 0.25) is 0 Å². The number of carbonyl (C=O) groups is 1. The fourth-order valence-electron chi connectivity index (χ4n) is 1.99. The number of hydrogen-bond donors (Lipinski definition) is 1. The molecule has 4 heteroatoms. The van der Waals surface area contributed by atoms with E-state index in [1.165, 1.54) is 0 Å². The van der Waals surface area contributed by atoms with Gasteiger partial charge in [0.15, 0.2) is 5.69 Å². The van der Waals surface area contributed by atoms with Crippen LogP contribution in [0.15, 0.2) is 53.1 Å². The highest BCUT2D eigenvalue weighted by molar-refractivity contribution is 6.08. The Hall–Kier alpha value is -2.62. The second-order valence-corrected chi connectivity index (χ2v) is 4.30. The minimum absolute atomic E-state index is 0.270. The summed E-state index contributed by atoms with van der Waals surface area (Å²) in [4.78, 5) is 12.0. The molecule has 0 aliphatic carbocycles. The molecule has 19 heavy (non-hydrogen) atoms. The van der Waals surface area contributed by atoms with Gasteiger partial charge in [-0.15, -0.1) is 0 Å². The zero-order valence-electron chi connectivity index (χ0n) is 10.4. The number of benzene rings is 2. The Kier molecular flexibility index (Phi) is 2.76. The van der Waals surface area contributed by atoms with Gasteiger partial charge in [0.2, 0.25) is 0 Å². The number of nitrogens with zero attached hydrogens (tertiary/aromatic N) is 1. The maximum atomic E-state index is 12.0. The van der Waals surface area contributed by atoms with Gasteiger partial charge < -0.3 is 9.84 Å². The molecule has 1 N–H and O–H groups in total. The highest BCUT2D eigenvalue weighted by Crippen LogP contribution is 2.23. The molecule has 0 aliphatic rings. The monoisotopic (exact) mass is 252 g/mol. The van der Waals surface area contributed by atoms with E-state index in [9.17, 15) is 4.79 Å². The van der Waals surface area contributed by atoms with Crippen LogP contribution in [0.5, 0.6) is 0 Å².